The van der Waals surface area contributed by atoms with Gasteiger partial charge < -0.3 is 24.7 Å². The van der Waals surface area contributed by atoms with Gasteiger partial charge in [-0.25, -0.2) is 4.79 Å². The Morgan fingerprint density at radius 3 is 2.67 bits per heavy atom. The number of rotatable bonds is 2. The highest BCUT2D eigenvalue weighted by molar-refractivity contribution is 6.01. The van der Waals surface area contributed by atoms with E-state index in [-0.39, 0.29) is 12.8 Å². The zero-order valence-corrected chi connectivity index (χ0v) is 16.1. The molecule has 6 heteroatoms. The van der Waals surface area contributed by atoms with Crippen molar-refractivity contribution in [3.05, 3.63) is 78.0 Å². The number of fused-ring (bicyclic) bond motifs is 3. The molecule has 30 heavy (non-hydrogen) atoms. The minimum absolute atomic E-state index is 0.0967. The first kappa shape index (κ1) is 17.0. The number of hydrogen-bond acceptors (Lipinski definition) is 3. The van der Waals surface area contributed by atoms with Gasteiger partial charge in [0.2, 0.25) is 6.79 Å². The Morgan fingerprint density at radius 2 is 1.70 bits per heavy atom. The molecule has 2 aliphatic heterocycles. The molecular formula is C24H19N3O3. The number of aromatic nitrogens is 1. The molecule has 0 unspecified atom stereocenters. The fourth-order valence-corrected chi connectivity index (χ4v) is 4.16. The molecule has 3 aromatic carbocycles. The van der Waals surface area contributed by atoms with Crippen LogP contribution in [-0.2, 0) is 13.1 Å². The fraction of sp³-hybridized carbons (Fsp3) is 0.125. The molecule has 3 heterocycles. The van der Waals surface area contributed by atoms with Crippen LogP contribution in [0.5, 0.6) is 11.5 Å². The van der Waals surface area contributed by atoms with Crippen LogP contribution >= 0.6 is 0 Å². The number of ether oxygens (including phenoxy) is 2. The van der Waals surface area contributed by atoms with Crippen LogP contribution in [0.4, 0.5) is 10.5 Å². The highest BCUT2D eigenvalue weighted by atomic mass is 16.7. The third kappa shape index (κ3) is 2.76. The minimum atomic E-state index is -0.0967. The van der Waals surface area contributed by atoms with Crippen molar-refractivity contribution in [1.29, 1.82) is 0 Å². The van der Waals surface area contributed by atoms with Gasteiger partial charge in [0.05, 0.1) is 5.69 Å². The molecule has 0 atom stereocenters. The molecular weight excluding hydrogens is 378 g/mol. The van der Waals surface area contributed by atoms with Crippen molar-refractivity contribution in [2.24, 2.45) is 0 Å². The number of para-hydroxylation sites is 1. The fourth-order valence-electron chi connectivity index (χ4n) is 4.16. The second-order valence-corrected chi connectivity index (χ2v) is 7.59. The molecule has 0 saturated heterocycles. The molecule has 0 radical (unpaired) electrons. The van der Waals surface area contributed by atoms with Crippen LogP contribution in [-0.4, -0.2) is 22.7 Å². The van der Waals surface area contributed by atoms with Crippen molar-refractivity contribution in [2.45, 2.75) is 13.1 Å². The summed E-state index contributed by atoms with van der Waals surface area (Å²) in [6.07, 6.45) is 1.84. The Bertz CT molecular complexity index is 1290. The molecule has 6 nitrogen and oxygen atoms in total. The Morgan fingerprint density at radius 1 is 0.900 bits per heavy atom. The first-order valence-corrected chi connectivity index (χ1v) is 9.88. The van der Waals surface area contributed by atoms with Crippen LogP contribution in [0.2, 0.25) is 0 Å². The van der Waals surface area contributed by atoms with Gasteiger partial charge in [0.15, 0.2) is 11.5 Å². The van der Waals surface area contributed by atoms with E-state index in [0.29, 0.717) is 13.1 Å². The van der Waals surface area contributed by atoms with Crippen molar-refractivity contribution in [1.82, 2.24) is 9.88 Å². The molecule has 2 N–H and O–H groups in total. The molecule has 4 aromatic rings. The second kappa shape index (κ2) is 6.56. The maximum atomic E-state index is 12.9. The Labute approximate surface area is 173 Å². The number of carbonyl (C=O) groups is 1. The summed E-state index contributed by atoms with van der Waals surface area (Å²) < 4.78 is 10.9. The summed E-state index contributed by atoms with van der Waals surface area (Å²) in [5.41, 5.74) is 6.32. The topological polar surface area (TPSA) is 66.6 Å². The van der Waals surface area contributed by atoms with Crippen LogP contribution in [0.1, 0.15) is 11.1 Å². The molecule has 2 aliphatic rings. The average molecular weight is 397 g/mol. The van der Waals surface area contributed by atoms with E-state index in [2.05, 4.69) is 28.5 Å². The number of nitrogens with zero attached hydrogens (tertiary/aromatic N) is 1. The van der Waals surface area contributed by atoms with E-state index in [1.54, 1.807) is 0 Å². The van der Waals surface area contributed by atoms with Crippen molar-refractivity contribution >= 4 is 22.6 Å². The molecule has 2 amide bonds. The van der Waals surface area contributed by atoms with E-state index in [1.165, 1.54) is 11.1 Å². The normalized spacial score (nSPS) is 14.2. The molecule has 0 bridgehead atoms. The lowest BCUT2D eigenvalue weighted by Crippen LogP contribution is -2.30. The van der Waals surface area contributed by atoms with Gasteiger partial charge in [-0.2, -0.15) is 0 Å². The Kier molecular flexibility index (Phi) is 3.71. The molecule has 0 spiro atoms. The number of amides is 2. The van der Waals surface area contributed by atoms with E-state index in [1.807, 2.05) is 53.6 Å². The summed E-state index contributed by atoms with van der Waals surface area (Å²) >= 11 is 0. The molecule has 0 aliphatic carbocycles. The number of anilines is 1. The lowest BCUT2D eigenvalue weighted by Gasteiger charge is -2.16. The first-order valence-electron chi connectivity index (χ1n) is 9.88. The van der Waals surface area contributed by atoms with E-state index in [0.717, 1.165) is 39.2 Å². The van der Waals surface area contributed by atoms with Crippen molar-refractivity contribution in [2.75, 3.05) is 12.1 Å². The summed E-state index contributed by atoms with van der Waals surface area (Å²) in [4.78, 5) is 17.9. The van der Waals surface area contributed by atoms with Crippen molar-refractivity contribution < 1.29 is 14.3 Å². The standard InChI is InChI=1S/C24H19N3O3/c28-24(26-21-11-25-20-4-2-1-3-19(20)21)27-12-17-6-5-15(9-18(17)13-27)16-7-8-22-23(10-16)30-14-29-22/h1-11,25H,12-14H2,(H,26,28). The van der Waals surface area contributed by atoms with Gasteiger partial charge in [0.25, 0.3) is 0 Å². The summed E-state index contributed by atoms with van der Waals surface area (Å²) in [5, 5.41) is 4.05. The quantitative estimate of drug-likeness (QED) is 0.494. The summed E-state index contributed by atoms with van der Waals surface area (Å²) in [7, 11) is 0. The lowest BCUT2D eigenvalue weighted by molar-refractivity contribution is 0.174. The minimum Gasteiger partial charge on any atom is -0.454 e. The number of urea groups is 1. The van der Waals surface area contributed by atoms with Gasteiger partial charge in [0, 0.05) is 30.2 Å². The predicted octanol–water partition coefficient (Wildman–Crippen LogP) is 5.11. The van der Waals surface area contributed by atoms with Crippen molar-refractivity contribution in [3.63, 3.8) is 0 Å². The van der Waals surface area contributed by atoms with Gasteiger partial charge >= 0.3 is 6.03 Å². The highest BCUT2D eigenvalue weighted by Gasteiger charge is 2.24. The number of aromatic amines is 1. The summed E-state index contributed by atoms with van der Waals surface area (Å²) in [6.45, 7) is 1.45. The number of carbonyl (C=O) groups excluding carboxylic acids is 1. The zero-order valence-electron chi connectivity index (χ0n) is 16.1. The second-order valence-electron chi connectivity index (χ2n) is 7.59. The largest absolute Gasteiger partial charge is 0.454 e. The van der Waals surface area contributed by atoms with E-state index >= 15 is 0 Å². The van der Waals surface area contributed by atoms with Gasteiger partial charge in [-0.05, 0) is 46.5 Å². The number of benzene rings is 3. The SMILES string of the molecule is O=C(Nc1c[nH]c2ccccc12)N1Cc2ccc(-c3ccc4c(c3)OCO4)cc2C1. The third-order valence-electron chi connectivity index (χ3n) is 5.75. The number of hydrogen-bond donors (Lipinski definition) is 2. The zero-order chi connectivity index (χ0) is 20.1. The third-order valence-corrected chi connectivity index (χ3v) is 5.75. The van der Waals surface area contributed by atoms with E-state index in [9.17, 15) is 4.79 Å². The van der Waals surface area contributed by atoms with Gasteiger partial charge in [-0.15, -0.1) is 0 Å². The van der Waals surface area contributed by atoms with Crippen LogP contribution in [0, 0.1) is 0 Å². The van der Waals surface area contributed by atoms with E-state index in [4.69, 9.17) is 9.47 Å². The summed E-state index contributed by atoms with van der Waals surface area (Å²) in [5.74, 6) is 1.55. The van der Waals surface area contributed by atoms with Crippen LogP contribution < -0.4 is 14.8 Å². The average Bonchev–Trinajstić information content (AvgIpc) is 3.50. The Hall–Kier alpha value is -3.93. The molecule has 148 valence electrons. The van der Waals surface area contributed by atoms with Crippen LogP contribution in [0.15, 0.2) is 66.9 Å². The maximum absolute atomic E-state index is 12.9. The smallest absolute Gasteiger partial charge is 0.322 e. The predicted molar refractivity (Wildman–Crippen MR) is 115 cm³/mol. The van der Waals surface area contributed by atoms with Gasteiger partial charge in [0.1, 0.15) is 0 Å². The molecule has 6 rings (SSSR count). The lowest BCUT2D eigenvalue weighted by atomic mass is 10.0. The number of H-pyrrole nitrogens is 1. The van der Waals surface area contributed by atoms with Crippen LogP contribution in [0.3, 0.4) is 0 Å². The van der Waals surface area contributed by atoms with Crippen LogP contribution in [0.25, 0.3) is 22.0 Å². The summed E-state index contributed by atoms with van der Waals surface area (Å²) in [6, 6.07) is 20.2. The molecule has 0 fully saturated rings. The molecule has 0 saturated carbocycles. The van der Waals surface area contributed by atoms with Gasteiger partial charge in [-0.3, -0.25) is 0 Å². The van der Waals surface area contributed by atoms with Crippen molar-refractivity contribution in [3.8, 4) is 22.6 Å². The van der Waals surface area contributed by atoms with E-state index < -0.39 is 0 Å². The monoisotopic (exact) mass is 397 g/mol. The first-order chi connectivity index (χ1) is 14.7. The highest BCUT2D eigenvalue weighted by Crippen LogP contribution is 2.37. The maximum Gasteiger partial charge on any atom is 0.322 e. The molecule has 1 aromatic heterocycles. The Balaban J connectivity index is 1.22. The van der Waals surface area contributed by atoms with Gasteiger partial charge in [-0.1, -0.05) is 36.4 Å². The number of nitrogens with one attached hydrogen (secondary N) is 2.